The number of piperazine rings is 1. The molecule has 0 unspecified atom stereocenters. The zero-order chi connectivity index (χ0) is 22.5. The zero-order valence-corrected chi connectivity index (χ0v) is 18.4. The summed E-state index contributed by atoms with van der Waals surface area (Å²) in [6.07, 6.45) is 6.35. The molecule has 0 spiro atoms. The summed E-state index contributed by atoms with van der Waals surface area (Å²) >= 11 is 0. The number of aromatic nitrogens is 1. The number of carboxylic acid groups (broad SMARTS) is 1. The smallest absolute Gasteiger partial charge is 0.320 e. The van der Waals surface area contributed by atoms with Gasteiger partial charge in [0.15, 0.2) is 0 Å². The van der Waals surface area contributed by atoms with E-state index in [0.717, 1.165) is 68.5 Å². The average Bonchev–Trinajstić information content (AvgIpc) is 2.80. The Morgan fingerprint density at radius 1 is 1.16 bits per heavy atom. The number of hydrogen-bond donors (Lipinski definition) is 3. The second kappa shape index (κ2) is 10.6. The van der Waals surface area contributed by atoms with E-state index >= 15 is 0 Å². The predicted molar refractivity (Wildman–Crippen MR) is 122 cm³/mol. The van der Waals surface area contributed by atoms with Gasteiger partial charge in [-0.2, -0.15) is 0 Å². The zero-order valence-electron chi connectivity index (χ0n) is 18.4. The van der Waals surface area contributed by atoms with Crippen molar-refractivity contribution in [3.63, 3.8) is 0 Å². The van der Waals surface area contributed by atoms with Gasteiger partial charge < -0.3 is 20.4 Å². The minimum Gasteiger partial charge on any atom is -0.480 e. The van der Waals surface area contributed by atoms with E-state index in [-0.39, 0.29) is 18.3 Å². The van der Waals surface area contributed by atoms with Gasteiger partial charge in [0.2, 0.25) is 0 Å². The molecule has 1 saturated heterocycles. The second-order valence-electron chi connectivity index (χ2n) is 9.06. The normalized spacial score (nSPS) is 20.4. The maximum atomic E-state index is 13.8. The molecule has 4 rings (SSSR count). The topological polar surface area (TPSA) is 88.9 Å². The molecular formula is C24H33FN4O3. The highest BCUT2D eigenvalue weighted by molar-refractivity contribution is 5.92. The number of pyridine rings is 1. The summed E-state index contributed by atoms with van der Waals surface area (Å²) in [6.45, 7) is 3.77. The fourth-order valence-corrected chi connectivity index (χ4v) is 5.07. The molecule has 1 aromatic heterocycles. The number of aliphatic hydroxyl groups excluding tert-OH is 1. The monoisotopic (exact) mass is 444 g/mol. The van der Waals surface area contributed by atoms with Gasteiger partial charge in [0.1, 0.15) is 17.7 Å². The molecule has 0 bridgehead atoms. The fourth-order valence-electron chi connectivity index (χ4n) is 5.07. The molecule has 0 amide bonds. The van der Waals surface area contributed by atoms with Crippen molar-refractivity contribution in [1.29, 1.82) is 0 Å². The number of aliphatic hydroxyl groups is 1. The van der Waals surface area contributed by atoms with E-state index in [2.05, 4.69) is 20.1 Å². The number of nitrogens with one attached hydrogen (secondary N) is 1. The second-order valence-corrected chi connectivity index (χ2v) is 9.06. The SMILES string of the molecule is O=C(O)[C@@H](NC[C@@H](O)CN1CCN(c2nccc3ccc(F)cc23)CC1)C1CCCCC1. The fraction of sp³-hybridized carbons (Fsp3) is 0.583. The van der Waals surface area contributed by atoms with Crippen LogP contribution in [0.1, 0.15) is 32.1 Å². The van der Waals surface area contributed by atoms with Gasteiger partial charge in [-0.05, 0) is 42.3 Å². The lowest BCUT2D eigenvalue weighted by molar-refractivity contribution is -0.141. The highest BCUT2D eigenvalue weighted by Crippen LogP contribution is 2.27. The third-order valence-corrected chi connectivity index (χ3v) is 6.81. The first-order chi connectivity index (χ1) is 15.5. The molecule has 1 aromatic carbocycles. The number of fused-ring (bicyclic) bond motifs is 1. The van der Waals surface area contributed by atoms with E-state index in [1.807, 2.05) is 6.07 Å². The van der Waals surface area contributed by atoms with Crippen molar-refractivity contribution in [2.24, 2.45) is 5.92 Å². The van der Waals surface area contributed by atoms with Gasteiger partial charge in [0.25, 0.3) is 0 Å². The maximum Gasteiger partial charge on any atom is 0.320 e. The van der Waals surface area contributed by atoms with E-state index in [1.54, 1.807) is 12.3 Å². The van der Waals surface area contributed by atoms with Gasteiger partial charge >= 0.3 is 5.97 Å². The number of nitrogens with zero attached hydrogens (tertiary/aromatic N) is 3. The first-order valence-corrected chi connectivity index (χ1v) is 11.7. The van der Waals surface area contributed by atoms with Crippen LogP contribution in [0.3, 0.4) is 0 Å². The van der Waals surface area contributed by atoms with Crippen LogP contribution in [0.4, 0.5) is 10.2 Å². The van der Waals surface area contributed by atoms with Gasteiger partial charge in [-0.25, -0.2) is 9.37 Å². The highest BCUT2D eigenvalue weighted by atomic mass is 19.1. The number of carboxylic acids is 1. The van der Waals surface area contributed by atoms with Crippen molar-refractivity contribution in [3.05, 3.63) is 36.3 Å². The number of β-amino-alcohol motifs (C(OH)–C–C–N with tert-alkyl or cyclic N) is 1. The van der Waals surface area contributed by atoms with Crippen LogP contribution in [0.25, 0.3) is 10.8 Å². The van der Waals surface area contributed by atoms with Crippen molar-refractivity contribution in [2.75, 3.05) is 44.2 Å². The van der Waals surface area contributed by atoms with E-state index in [9.17, 15) is 19.4 Å². The van der Waals surface area contributed by atoms with Crippen LogP contribution in [-0.4, -0.2) is 77.5 Å². The summed E-state index contributed by atoms with van der Waals surface area (Å²) < 4.78 is 13.8. The molecule has 0 radical (unpaired) electrons. The lowest BCUT2D eigenvalue weighted by Crippen LogP contribution is -2.52. The summed E-state index contributed by atoms with van der Waals surface area (Å²) in [4.78, 5) is 20.5. The van der Waals surface area contributed by atoms with E-state index in [1.165, 1.54) is 18.6 Å². The summed E-state index contributed by atoms with van der Waals surface area (Å²) in [5, 5.41) is 25.0. The van der Waals surface area contributed by atoms with Crippen molar-refractivity contribution >= 4 is 22.6 Å². The van der Waals surface area contributed by atoms with Crippen LogP contribution in [0.5, 0.6) is 0 Å². The molecule has 1 aliphatic heterocycles. The third-order valence-electron chi connectivity index (χ3n) is 6.81. The van der Waals surface area contributed by atoms with Crippen LogP contribution < -0.4 is 10.2 Å². The summed E-state index contributed by atoms with van der Waals surface area (Å²) in [7, 11) is 0. The minimum absolute atomic E-state index is 0.148. The molecule has 2 aliphatic rings. The molecule has 3 N–H and O–H groups in total. The van der Waals surface area contributed by atoms with Crippen molar-refractivity contribution in [2.45, 2.75) is 44.2 Å². The molecule has 8 heteroatoms. The molecule has 1 aliphatic carbocycles. The summed E-state index contributed by atoms with van der Waals surface area (Å²) in [6, 6.07) is 6.07. The van der Waals surface area contributed by atoms with Gasteiger partial charge in [0, 0.05) is 50.9 Å². The van der Waals surface area contributed by atoms with Crippen LogP contribution in [0, 0.1) is 11.7 Å². The van der Waals surface area contributed by atoms with Crippen molar-refractivity contribution in [3.8, 4) is 0 Å². The lowest BCUT2D eigenvalue weighted by atomic mass is 9.84. The molecular weight excluding hydrogens is 411 g/mol. The Morgan fingerprint density at radius 3 is 2.62 bits per heavy atom. The number of halogens is 1. The van der Waals surface area contributed by atoms with Gasteiger partial charge in [-0.1, -0.05) is 25.3 Å². The van der Waals surface area contributed by atoms with Crippen molar-refractivity contribution in [1.82, 2.24) is 15.2 Å². The largest absolute Gasteiger partial charge is 0.480 e. The molecule has 7 nitrogen and oxygen atoms in total. The lowest BCUT2D eigenvalue weighted by Gasteiger charge is -2.37. The number of hydrogen-bond acceptors (Lipinski definition) is 6. The maximum absolute atomic E-state index is 13.8. The standard InChI is InChI=1S/C24H33FN4O3/c25-19-7-6-17-8-9-26-23(21(17)14-19)29-12-10-28(11-13-29)16-20(30)15-27-22(24(31)32)18-4-2-1-3-5-18/h6-9,14,18,20,22,27,30H,1-5,10-13,15-16H2,(H,31,32)/t20-,22+/m1/s1. The average molecular weight is 445 g/mol. The Balaban J connectivity index is 1.27. The first-order valence-electron chi connectivity index (χ1n) is 11.7. The van der Waals surface area contributed by atoms with Crippen LogP contribution in [0.15, 0.2) is 30.5 Å². The molecule has 174 valence electrons. The number of rotatable bonds is 8. The predicted octanol–water partition coefficient (Wildman–Crippen LogP) is 2.48. The number of anilines is 1. The Kier molecular flexibility index (Phi) is 7.55. The molecule has 2 aromatic rings. The molecule has 2 heterocycles. The van der Waals surface area contributed by atoms with Gasteiger partial charge in [-0.15, -0.1) is 0 Å². The van der Waals surface area contributed by atoms with Crippen molar-refractivity contribution < 1.29 is 19.4 Å². The Hall–Kier alpha value is -2.29. The molecule has 32 heavy (non-hydrogen) atoms. The summed E-state index contributed by atoms with van der Waals surface area (Å²) in [5.74, 6) is -0.152. The number of aliphatic carboxylic acids is 1. The molecule has 2 atom stereocenters. The summed E-state index contributed by atoms with van der Waals surface area (Å²) in [5.41, 5.74) is 0. The Bertz CT molecular complexity index is 913. The van der Waals surface area contributed by atoms with Gasteiger partial charge in [0.05, 0.1) is 6.10 Å². The van der Waals surface area contributed by atoms with Gasteiger partial charge in [-0.3, -0.25) is 9.69 Å². The van der Waals surface area contributed by atoms with E-state index in [4.69, 9.17) is 0 Å². The number of benzene rings is 1. The number of carbonyl (C=O) groups is 1. The Morgan fingerprint density at radius 2 is 1.91 bits per heavy atom. The van der Waals surface area contributed by atoms with E-state index < -0.39 is 18.1 Å². The van der Waals surface area contributed by atoms with E-state index in [0.29, 0.717) is 6.54 Å². The Labute approximate surface area is 188 Å². The quantitative estimate of drug-likeness (QED) is 0.576. The van der Waals surface area contributed by atoms with Crippen LogP contribution >= 0.6 is 0 Å². The molecule has 1 saturated carbocycles. The highest BCUT2D eigenvalue weighted by Gasteiger charge is 2.30. The first kappa shape index (κ1) is 22.9. The minimum atomic E-state index is -0.822. The van der Waals surface area contributed by atoms with Crippen LogP contribution in [-0.2, 0) is 4.79 Å². The third kappa shape index (κ3) is 5.54. The van der Waals surface area contributed by atoms with Crippen LogP contribution in [0.2, 0.25) is 0 Å². The molecule has 2 fully saturated rings.